The van der Waals surface area contributed by atoms with E-state index in [1.165, 1.54) is 12.1 Å². The summed E-state index contributed by atoms with van der Waals surface area (Å²) in [4.78, 5) is 22.1. The second-order valence-electron chi connectivity index (χ2n) is 4.64. The highest BCUT2D eigenvalue weighted by Crippen LogP contribution is 2.53. The molecule has 1 aromatic rings. The van der Waals surface area contributed by atoms with Gasteiger partial charge < -0.3 is 19.3 Å². The van der Waals surface area contributed by atoms with Crippen LogP contribution in [0.4, 0.5) is 0 Å². The molecule has 1 rings (SSSR count). The molecule has 0 radical (unpaired) electrons. The van der Waals surface area contributed by atoms with Crippen LogP contribution < -0.4 is 4.52 Å². The summed E-state index contributed by atoms with van der Waals surface area (Å²) in [6.07, 6.45) is -0.883. The lowest BCUT2D eigenvalue weighted by Gasteiger charge is -2.22. The molecule has 0 aliphatic heterocycles. The van der Waals surface area contributed by atoms with Gasteiger partial charge in [-0.25, -0.2) is 4.57 Å². The minimum Gasteiger partial charge on any atom is -0.481 e. The third-order valence-electron chi connectivity index (χ3n) is 3.20. The molecule has 0 amide bonds. The molecule has 1 aromatic carbocycles. The van der Waals surface area contributed by atoms with Gasteiger partial charge in [0, 0.05) is 13.3 Å². The summed E-state index contributed by atoms with van der Waals surface area (Å²) in [7, 11) is -3.07. The van der Waals surface area contributed by atoms with Crippen molar-refractivity contribution in [3.8, 4) is 5.75 Å². The van der Waals surface area contributed by atoms with E-state index in [4.69, 9.17) is 14.2 Å². The molecule has 0 aromatic heterocycles. The van der Waals surface area contributed by atoms with Crippen LogP contribution in [-0.2, 0) is 29.7 Å². The highest BCUT2D eigenvalue weighted by atomic mass is 31.2. The fraction of sp³-hybridized carbons (Fsp3) is 0.385. The predicted molar refractivity (Wildman–Crippen MR) is 81.5 cm³/mol. The summed E-state index contributed by atoms with van der Waals surface area (Å²) in [5.74, 6) is -2.17. The lowest BCUT2D eigenvalue weighted by Crippen LogP contribution is -2.26. The number of hydrogen-bond donors (Lipinski definition) is 2. The van der Waals surface area contributed by atoms with Gasteiger partial charge in [-0.15, -0.1) is 0 Å². The fourth-order valence-electron chi connectivity index (χ4n) is 1.97. The van der Waals surface area contributed by atoms with Crippen molar-refractivity contribution in [3.05, 3.63) is 29.8 Å². The van der Waals surface area contributed by atoms with Gasteiger partial charge >= 0.3 is 20.6 Å². The summed E-state index contributed by atoms with van der Waals surface area (Å²) in [5.41, 5.74) is -0.795. The van der Waals surface area contributed by atoms with Gasteiger partial charge in [-0.1, -0.05) is 12.1 Å². The average molecular weight is 362 g/mol. The quantitative estimate of drug-likeness (QED) is 0.608. The van der Waals surface area contributed by atoms with Gasteiger partial charge in [0.1, 0.15) is 11.4 Å². The maximum absolute atomic E-state index is 12.7. The minimum absolute atomic E-state index is 0.0879. The van der Waals surface area contributed by atoms with Crippen LogP contribution >= 0.6 is 16.1 Å². The summed E-state index contributed by atoms with van der Waals surface area (Å²) in [5, 5.41) is 18.0. The zero-order valence-electron chi connectivity index (χ0n) is 12.2. The molecule has 0 saturated heterocycles. The second kappa shape index (κ2) is 8.77. The van der Waals surface area contributed by atoms with E-state index in [0.717, 1.165) is 7.11 Å². The van der Waals surface area contributed by atoms with Gasteiger partial charge in [-0.3, -0.25) is 14.2 Å². The van der Waals surface area contributed by atoms with Crippen LogP contribution in [0.25, 0.3) is 0 Å². The third kappa shape index (κ3) is 5.75. The Balaban J connectivity index is 2.96. The van der Waals surface area contributed by atoms with E-state index in [1.807, 2.05) is 0 Å². The van der Waals surface area contributed by atoms with Gasteiger partial charge in [0.05, 0.1) is 6.42 Å². The molecule has 2 unspecified atom stereocenters. The topological polar surface area (TPSA) is 127 Å². The van der Waals surface area contributed by atoms with Gasteiger partial charge in [-0.05, 0) is 24.1 Å². The molecule has 2 atom stereocenters. The van der Waals surface area contributed by atoms with Crippen molar-refractivity contribution >= 4 is 28.0 Å². The standard InChI is InChI=1S/C13H16O8P2/c1-20-23(19,7-6-12(14)15)11(13(16)17)8-9-2-4-10(5-3-9)21-22-18/h2-5,11H,6-8H2,1H3,(H,14,15)(H,16,17). The van der Waals surface area contributed by atoms with Crippen molar-refractivity contribution in [2.24, 2.45) is 0 Å². The van der Waals surface area contributed by atoms with E-state index in [-0.39, 0.29) is 12.6 Å². The molecule has 10 heteroatoms. The summed E-state index contributed by atoms with van der Waals surface area (Å²) >= 11 is 0. The smallest absolute Gasteiger partial charge is 0.395 e. The van der Waals surface area contributed by atoms with Crippen molar-refractivity contribution in [1.29, 1.82) is 0 Å². The number of carboxylic acid groups (broad SMARTS) is 2. The Morgan fingerprint density at radius 3 is 2.30 bits per heavy atom. The van der Waals surface area contributed by atoms with Crippen molar-refractivity contribution in [2.45, 2.75) is 18.5 Å². The monoisotopic (exact) mass is 362 g/mol. The van der Waals surface area contributed by atoms with Gasteiger partial charge in [0.2, 0.25) is 7.37 Å². The van der Waals surface area contributed by atoms with E-state index in [0.29, 0.717) is 11.3 Å². The Labute approximate surface area is 134 Å². The van der Waals surface area contributed by atoms with E-state index in [2.05, 4.69) is 0 Å². The number of hydrogen-bond acceptors (Lipinski definition) is 6. The van der Waals surface area contributed by atoms with Crippen molar-refractivity contribution in [1.82, 2.24) is 0 Å². The number of carbonyl (C=O) groups is 2. The van der Waals surface area contributed by atoms with Crippen LogP contribution in [0.1, 0.15) is 12.0 Å². The van der Waals surface area contributed by atoms with E-state index in [9.17, 15) is 23.8 Å². The Kier molecular flexibility index (Phi) is 7.36. The van der Waals surface area contributed by atoms with Crippen LogP contribution in [0, 0.1) is 0 Å². The molecule has 0 aliphatic carbocycles. The molecular weight excluding hydrogens is 346 g/mol. The van der Waals surface area contributed by atoms with Crippen molar-refractivity contribution in [2.75, 3.05) is 13.3 Å². The highest BCUT2D eigenvalue weighted by Gasteiger charge is 2.39. The lowest BCUT2D eigenvalue weighted by molar-refractivity contribution is -0.138. The lowest BCUT2D eigenvalue weighted by atomic mass is 10.1. The molecule has 0 saturated carbocycles. The zero-order chi connectivity index (χ0) is 17.5. The Bertz CT molecular complexity index is 613. The van der Waals surface area contributed by atoms with E-state index in [1.54, 1.807) is 12.1 Å². The van der Waals surface area contributed by atoms with Crippen molar-refractivity contribution < 1.29 is 38.0 Å². The molecule has 126 valence electrons. The molecule has 0 fully saturated rings. The summed E-state index contributed by atoms with van der Waals surface area (Å²) < 4.78 is 32.6. The molecule has 23 heavy (non-hydrogen) atoms. The second-order valence-corrected chi connectivity index (χ2v) is 7.86. The molecule has 8 nitrogen and oxygen atoms in total. The molecule has 0 bridgehead atoms. The Morgan fingerprint density at radius 1 is 1.26 bits per heavy atom. The number of aliphatic carboxylic acids is 2. The SMILES string of the molecule is COP(=O)(CCC(=O)O)C(Cc1ccc(OP=O)cc1)C(=O)O. The van der Waals surface area contributed by atoms with Crippen LogP contribution in [0.15, 0.2) is 24.3 Å². The molecular formula is C13H16O8P2. The normalized spacial score (nSPS) is 14.8. The first-order valence-electron chi connectivity index (χ1n) is 6.50. The molecule has 0 spiro atoms. The van der Waals surface area contributed by atoms with Crippen LogP contribution in [0.3, 0.4) is 0 Å². The van der Waals surface area contributed by atoms with E-state index >= 15 is 0 Å². The highest BCUT2D eigenvalue weighted by molar-refractivity contribution is 7.60. The third-order valence-corrected chi connectivity index (χ3v) is 6.30. The molecule has 2 N–H and O–H groups in total. The minimum atomic E-state index is -3.67. The number of rotatable bonds is 10. The van der Waals surface area contributed by atoms with Crippen molar-refractivity contribution in [3.63, 3.8) is 0 Å². The predicted octanol–water partition coefficient (Wildman–Crippen LogP) is 2.67. The summed E-state index contributed by atoms with van der Waals surface area (Å²) in [6.45, 7) is 0. The Hall–Kier alpha value is -1.75. The Morgan fingerprint density at radius 2 is 1.87 bits per heavy atom. The van der Waals surface area contributed by atoms with Gasteiger partial charge in [0.15, 0.2) is 0 Å². The van der Waals surface area contributed by atoms with Crippen LogP contribution in [0.2, 0.25) is 0 Å². The maximum atomic E-state index is 12.7. The fourth-order valence-corrected chi connectivity index (χ4v) is 4.26. The summed E-state index contributed by atoms with van der Waals surface area (Å²) in [6, 6.07) is 6.09. The van der Waals surface area contributed by atoms with Crippen LogP contribution in [-0.4, -0.2) is 41.1 Å². The maximum Gasteiger partial charge on any atom is 0.395 e. The van der Waals surface area contributed by atoms with Gasteiger partial charge in [0.25, 0.3) is 0 Å². The largest absolute Gasteiger partial charge is 0.481 e. The van der Waals surface area contributed by atoms with Gasteiger partial charge in [-0.2, -0.15) is 0 Å². The molecule has 0 aliphatic rings. The first kappa shape index (κ1) is 19.3. The number of benzene rings is 1. The van der Waals surface area contributed by atoms with E-state index < -0.39 is 40.1 Å². The van der Waals surface area contributed by atoms with Crippen LogP contribution in [0.5, 0.6) is 5.75 Å². The average Bonchev–Trinajstić information content (AvgIpc) is 2.52. The first-order valence-corrected chi connectivity index (χ1v) is 9.11. The zero-order valence-corrected chi connectivity index (χ0v) is 14.0. The first-order chi connectivity index (χ1) is 10.8. The number of carboxylic acids is 2. The molecule has 0 heterocycles.